The number of para-hydroxylation sites is 5. The van der Waals surface area contributed by atoms with Gasteiger partial charge >= 0.3 is 6.85 Å². The Bertz CT molecular complexity index is 2880. The van der Waals surface area contributed by atoms with Crippen molar-refractivity contribution in [2.24, 2.45) is 0 Å². The number of hydrogen-bond donors (Lipinski definition) is 0. The van der Waals surface area contributed by atoms with Crippen LogP contribution < -0.4 is 46.1 Å². The molecule has 5 aliphatic heterocycles. The molecule has 13 rings (SSSR count). The Kier molecular flexibility index (Phi) is 5.22. The van der Waals surface area contributed by atoms with E-state index >= 15 is 0 Å². The molecule has 5 heterocycles. The first kappa shape index (κ1) is 28.1. The lowest BCUT2D eigenvalue weighted by Crippen LogP contribution is -2.77. The molecular formula is C48H29BN2OSi. The molecule has 0 N–H and O–H groups in total. The molecule has 0 fully saturated rings. The highest BCUT2D eigenvalue weighted by atomic mass is 28.3. The molecule has 0 aliphatic carbocycles. The van der Waals surface area contributed by atoms with Gasteiger partial charge in [-0.2, -0.15) is 0 Å². The van der Waals surface area contributed by atoms with Crippen LogP contribution in [0.1, 0.15) is 0 Å². The molecule has 244 valence electrons. The summed E-state index contributed by atoms with van der Waals surface area (Å²) >= 11 is 0. The van der Waals surface area contributed by atoms with Crippen LogP contribution in [0.4, 0.5) is 28.4 Å². The molecule has 1 spiro atoms. The molecule has 0 aromatic heterocycles. The first-order chi connectivity index (χ1) is 26.3. The van der Waals surface area contributed by atoms with Gasteiger partial charge in [0.25, 0.3) is 0 Å². The van der Waals surface area contributed by atoms with Gasteiger partial charge in [0, 0.05) is 22.6 Å². The van der Waals surface area contributed by atoms with Crippen LogP contribution in [0.15, 0.2) is 176 Å². The van der Waals surface area contributed by atoms with Crippen molar-refractivity contribution in [3.8, 4) is 44.9 Å². The summed E-state index contributed by atoms with van der Waals surface area (Å²) in [5.74, 6) is 1.80. The average molecular weight is 689 g/mol. The van der Waals surface area contributed by atoms with Crippen LogP contribution >= 0.6 is 0 Å². The summed E-state index contributed by atoms with van der Waals surface area (Å²) in [6.07, 6.45) is 0. The van der Waals surface area contributed by atoms with E-state index in [1.165, 1.54) is 82.1 Å². The summed E-state index contributed by atoms with van der Waals surface area (Å²) in [6.45, 7) is -0.0575. The first-order valence-electron chi connectivity index (χ1n) is 18.5. The zero-order valence-corrected chi connectivity index (χ0v) is 29.6. The third kappa shape index (κ3) is 3.29. The Hall–Kier alpha value is -6.56. The topological polar surface area (TPSA) is 15.7 Å². The van der Waals surface area contributed by atoms with Gasteiger partial charge in [0.1, 0.15) is 5.75 Å². The predicted octanol–water partition coefficient (Wildman–Crippen LogP) is 7.84. The fourth-order valence-electron chi connectivity index (χ4n) is 10.5. The number of ether oxygens (including phenoxy) is 1. The van der Waals surface area contributed by atoms with Gasteiger partial charge in [0.2, 0.25) is 0 Å². The number of hydrogen-bond acceptors (Lipinski definition) is 3. The Balaban J connectivity index is 1.22. The summed E-state index contributed by atoms with van der Waals surface area (Å²) in [5, 5.41) is 5.89. The minimum absolute atomic E-state index is 0.0575. The summed E-state index contributed by atoms with van der Waals surface area (Å²) in [6, 6.07) is 65.9. The SMILES string of the molecule is c1ccc(-c2cc3c4c(c2)N2c5ccccc5[Si]5(c6ccccc6-c6ccccc65)c5cccc(c52)B4N2c4ccccc4Oc4cccc-3c42)cc1. The zero-order chi connectivity index (χ0) is 34.4. The molecule has 3 nitrogen and oxygen atoms in total. The third-order valence-corrected chi connectivity index (χ3v) is 17.3. The number of anilines is 5. The summed E-state index contributed by atoms with van der Waals surface area (Å²) in [4.78, 5) is 5.24. The quantitative estimate of drug-likeness (QED) is 0.164. The maximum Gasteiger partial charge on any atom is 0.333 e. The smallest absolute Gasteiger partial charge is 0.333 e. The van der Waals surface area contributed by atoms with Gasteiger partial charge in [-0.1, -0.05) is 140 Å². The average Bonchev–Trinajstić information content (AvgIpc) is 3.52. The normalized spacial score (nSPS) is 15.0. The minimum atomic E-state index is -2.75. The minimum Gasteiger partial charge on any atom is -0.453 e. The van der Waals surface area contributed by atoms with Crippen molar-refractivity contribution in [3.05, 3.63) is 176 Å². The third-order valence-electron chi connectivity index (χ3n) is 12.4. The second kappa shape index (κ2) is 9.85. The van der Waals surface area contributed by atoms with E-state index in [2.05, 4.69) is 186 Å². The Labute approximate surface area is 309 Å². The fourth-order valence-corrected chi connectivity index (χ4v) is 16.1. The molecule has 0 amide bonds. The van der Waals surface area contributed by atoms with E-state index in [-0.39, 0.29) is 6.85 Å². The second-order valence-corrected chi connectivity index (χ2v) is 18.4. The summed E-state index contributed by atoms with van der Waals surface area (Å²) in [5.41, 5.74) is 16.5. The van der Waals surface area contributed by atoms with Gasteiger partial charge in [0.05, 0.1) is 11.4 Å². The lowest BCUT2D eigenvalue weighted by Gasteiger charge is -2.51. The zero-order valence-electron chi connectivity index (χ0n) is 28.6. The Morgan fingerprint density at radius 2 is 1.04 bits per heavy atom. The molecule has 0 radical (unpaired) electrons. The highest BCUT2D eigenvalue weighted by Crippen LogP contribution is 2.56. The van der Waals surface area contributed by atoms with Gasteiger partial charge < -0.3 is 14.4 Å². The molecule has 5 aliphatic rings. The van der Waals surface area contributed by atoms with Crippen molar-refractivity contribution < 1.29 is 4.74 Å². The van der Waals surface area contributed by atoms with E-state index in [4.69, 9.17) is 4.74 Å². The van der Waals surface area contributed by atoms with Crippen molar-refractivity contribution in [1.82, 2.24) is 0 Å². The van der Waals surface area contributed by atoms with E-state index < -0.39 is 8.07 Å². The highest BCUT2D eigenvalue weighted by Gasteiger charge is 2.57. The van der Waals surface area contributed by atoms with Crippen LogP contribution in [0.2, 0.25) is 0 Å². The Morgan fingerprint density at radius 1 is 0.415 bits per heavy atom. The largest absolute Gasteiger partial charge is 0.453 e. The molecule has 53 heavy (non-hydrogen) atoms. The number of benzene rings is 8. The van der Waals surface area contributed by atoms with Crippen LogP contribution in [0.3, 0.4) is 0 Å². The first-order valence-corrected chi connectivity index (χ1v) is 20.5. The monoisotopic (exact) mass is 688 g/mol. The van der Waals surface area contributed by atoms with Crippen molar-refractivity contribution in [3.63, 3.8) is 0 Å². The molecule has 0 saturated carbocycles. The molecule has 0 bridgehead atoms. The van der Waals surface area contributed by atoms with Gasteiger partial charge in [-0.15, -0.1) is 0 Å². The predicted molar refractivity (Wildman–Crippen MR) is 222 cm³/mol. The second-order valence-electron chi connectivity index (χ2n) is 14.8. The molecule has 0 atom stereocenters. The van der Waals surface area contributed by atoms with E-state index in [0.717, 1.165) is 22.9 Å². The standard InChI is InChI=1S/C48H29BN2OSi/c1-2-14-30(15-3-1)31-28-35-34-18-12-23-41-47(34)51(37-20-6-8-22-40(37)52-41)49-36-19-13-27-45-48(36)50(39(29-31)46(35)49)38-21-7-11-26-44(38)53(45)42-24-9-4-16-32(42)33-17-5-10-25-43(33)53/h1-29H. The molecule has 0 unspecified atom stereocenters. The van der Waals surface area contributed by atoms with Gasteiger partial charge in [0.15, 0.2) is 13.8 Å². The lowest BCUT2D eigenvalue weighted by molar-refractivity contribution is 0.478. The molecule has 0 saturated heterocycles. The van der Waals surface area contributed by atoms with Crippen LogP contribution in [0.25, 0.3) is 33.4 Å². The number of rotatable bonds is 1. The van der Waals surface area contributed by atoms with Crippen LogP contribution in [-0.2, 0) is 0 Å². The molecule has 5 heteroatoms. The van der Waals surface area contributed by atoms with Gasteiger partial charge in [-0.25, -0.2) is 0 Å². The van der Waals surface area contributed by atoms with E-state index in [0.29, 0.717) is 0 Å². The maximum atomic E-state index is 6.72. The van der Waals surface area contributed by atoms with Crippen molar-refractivity contribution in [2.45, 2.75) is 0 Å². The van der Waals surface area contributed by atoms with E-state index in [9.17, 15) is 0 Å². The van der Waals surface area contributed by atoms with Crippen LogP contribution in [-0.4, -0.2) is 14.9 Å². The van der Waals surface area contributed by atoms with E-state index in [1.807, 2.05) is 0 Å². The van der Waals surface area contributed by atoms with Crippen molar-refractivity contribution in [2.75, 3.05) is 9.71 Å². The van der Waals surface area contributed by atoms with Crippen LogP contribution in [0.5, 0.6) is 11.5 Å². The number of nitrogens with zero attached hydrogens (tertiary/aromatic N) is 2. The Morgan fingerprint density at radius 3 is 1.85 bits per heavy atom. The van der Waals surface area contributed by atoms with Crippen molar-refractivity contribution >= 4 is 75.0 Å². The maximum absolute atomic E-state index is 6.72. The van der Waals surface area contributed by atoms with Gasteiger partial charge in [-0.3, -0.25) is 0 Å². The number of fused-ring (bicyclic) bond motifs is 15. The summed E-state index contributed by atoms with van der Waals surface area (Å²) < 4.78 is 6.72. The summed E-state index contributed by atoms with van der Waals surface area (Å²) in [7, 11) is -2.75. The van der Waals surface area contributed by atoms with E-state index in [1.54, 1.807) is 0 Å². The molecule has 8 aromatic carbocycles. The fraction of sp³-hybridized carbons (Fsp3) is 0. The van der Waals surface area contributed by atoms with Crippen LogP contribution in [0, 0.1) is 0 Å². The van der Waals surface area contributed by atoms with Gasteiger partial charge in [-0.05, 0) is 95.9 Å². The molecule has 8 aromatic rings. The highest BCUT2D eigenvalue weighted by molar-refractivity contribution is 7.24. The lowest BCUT2D eigenvalue weighted by atomic mass is 9.43. The van der Waals surface area contributed by atoms with Crippen molar-refractivity contribution in [1.29, 1.82) is 0 Å². The molecular weight excluding hydrogens is 659 g/mol.